The van der Waals surface area contributed by atoms with Crippen LogP contribution in [0.1, 0.15) is 30.9 Å². The number of furan rings is 1. The molecule has 0 saturated carbocycles. The van der Waals surface area contributed by atoms with Crippen molar-refractivity contribution >= 4 is 29.9 Å². The number of aliphatic hydroxyl groups is 1. The number of hydrogen-bond acceptors (Lipinski definition) is 5. The summed E-state index contributed by atoms with van der Waals surface area (Å²) in [7, 11) is 3.25. The fourth-order valence-electron chi connectivity index (χ4n) is 2.74. The Morgan fingerprint density at radius 1 is 1.14 bits per heavy atom. The van der Waals surface area contributed by atoms with E-state index in [4.69, 9.17) is 13.9 Å². The molecule has 0 aliphatic carbocycles. The molecule has 0 radical (unpaired) electrons. The second-order valence-corrected chi connectivity index (χ2v) is 6.75. The number of aryl methyl sites for hydroxylation is 1. The fraction of sp³-hybridized carbons (Fsp3) is 0.476. The van der Waals surface area contributed by atoms with Gasteiger partial charge in [-0.25, -0.2) is 4.99 Å². The highest BCUT2D eigenvalue weighted by Gasteiger charge is 2.26. The van der Waals surface area contributed by atoms with Crippen LogP contribution in [0.5, 0.6) is 11.5 Å². The Bertz CT molecular complexity index is 790. The number of nitrogens with zero attached hydrogens (tertiary/aromatic N) is 1. The normalized spacial score (nSPS) is 13.2. The van der Waals surface area contributed by atoms with E-state index in [0.29, 0.717) is 29.8 Å². The maximum atomic E-state index is 10.6. The minimum absolute atomic E-state index is 0. The molecule has 0 fully saturated rings. The zero-order valence-corrected chi connectivity index (χ0v) is 20.1. The molecule has 1 heterocycles. The second-order valence-electron chi connectivity index (χ2n) is 6.75. The van der Waals surface area contributed by atoms with Gasteiger partial charge in [0.1, 0.15) is 17.1 Å². The van der Waals surface area contributed by atoms with Crippen molar-refractivity contribution < 1.29 is 19.0 Å². The van der Waals surface area contributed by atoms with Crippen molar-refractivity contribution in [1.29, 1.82) is 0 Å². The van der Waals surface area contributed by atoms with E-state index in [2.05, 4.69) is 15.6 Å². The molecule has 0 saturated heterocycles. The van der Waals surface area contributed by atoms with Gasteiger partial charge in [-0.1, -0.05) is 6.07 Å². The predicted molar refractivity (Wildman–Crippen MR) is 126 cm³/mol. The average molecular weight is 517 g/mol. The lowest BCUT2D eigenvalue weighted by atomic mass is 10.0. The van der Waals surface area contributed by atoms with Gasteiger partial charge in [0.15, 0.2) is 17.5 Å². The van der Waals surface area contributed by atoms with Gasteiger partial charge in [-0.2, -0.15) is 0 Å². The fourth-order valence-corrected chi connectivity index (χ4v) is 2.74. The lowest BCUT2D eigenvalue weighted by Crippen LogP contribution is -2.39. The minimum atomic E-state index is -1.17. The summed E-state index contributed by atoms with van der Waals surface area (Å²) in [5.41, 5.74) is -0.0426. The Balaban J connectivity index is 0.00000420. The Morgan fingerprint density at radius 2 is 1.86 bits per heavy atom. The van der Waals surface area contributed by atoms with Gasteiger partial charge in [0.2, 0.25) is 0 Å². The highest BCUT2D eigenvalue weighted by Crippen LogP contribution is 2.27. The summed E-state index contributed by atoms with van der Waals surface area (Å²) in [6.07, 6.45) is 0.790. The topological polar surface area (TPSA) is 88.3 Å². The molecule has 1 atom stereocenters. The summed E-state index contributed by atoms with van der Waals surface area (Å²) < 4.78 is 16.1. The number of nitrogens with one attached hydrogen (secondary N) is 2. The molecule has 1 aromatic heterocycles. The van der Waals surface area contributed by atoms with Gasteiger partial charge in [0.05, 0.1) is 20.8 Å². The van der Waals surface area contributed by atoms with Gasteiger partial charge in [-0.3, -0.25) is 0 Å². The van der Waals surface area contributed by atoms with E-state index in [1.165, 1.54) is 0 Å². The quantitative estimate of drug-likeness (QED) is 0.269. The van der Waals surface area contributed by atoms with Crippen molar-refractivity contribution in [2.45, 2.75) is 32.8 Å². The lowest BCUT2D eigenvalue weighted by Gasteiger charge is -2.19. The largest absolute Gasteiger partial charge is 0.493 e. The van der Waals surface area contributed by atoms with Crippen LogP contribution in [0, 0.1) is 6.92 Å². The van der Waals surface area contributed by atoms with E-state index in [9.17, 15) is 5.11 Å². The Hall–Kier alpha value is -1.94. The van der Waals surface area contributed by atoms with E-state index < -0.39 is 5.60 Å². The molecule has 162 valence electrons. The van der Waals surface area contributed by atoms with Gasteiger partial charge in [0, 0.05) is 13.1 Å². The first-order valence-electron chi connectivity index (χ1n) is 9.42. The minimum Gasteiger partial charge on any atom is -0.493 e. The molecule has 0 amide bonds. The van der Waals surface area contributed by atoms with E-state index >= 15 is 0 Å². The van der Waals surface area contributed by atoms with Gasteiger partial charge < -0.3 is 29.6 Å². The average Bonchev–Trinajstić information content (AvgIpc) is 3.13. The number of rotatable bonds is 9. The summed E-state index contributed by atoms with van der Waals surface area (Å²) in [6, 6.07) is 9.49. The Morgan fingerprint density at radius 3 is 2.45 bits per heavy atom. The number of aliphatic imine (C=N–C) groups is 1. The second kappa shape index (κ2) is 11.9. The SMILES string of the molecule is CCNC(=NCC(C)(O)c1ccc(C)o1)NCCc1ccc(OC)c(OC)c1.I. The van der Waals surface area contributed by atoms with Crippen LogP contribution in [0.3, 0.4) is 0 Å². The molecule has 1 unspecified atom stereocenters. The van der Waals surface area contributed by atoms with Crippen LogP contribution < -0.4 is 20.1 Å². The number of benzene rings is 1. The van der Waals surface area contributed by atoms with Crippen molar-refractivity contribution in [3.05, 3.63) is 47.4 Å². The third kappa shape index (κ3) is 7.43. The monoisotopic (exact) mass is 517 g/mol. The maximum Gasteiger partial charge on any atom is 0.191 e. The van der Waals surface area contributed by atoms with E-state index in [0.717, 1.165) is 24.3 Å². The van der Waals surface area contributed by atoms with Crippen molar-refractivity contribution in [2.75, 3.05) is 33.9 Å². The van der Waals surface area contributed by atoms with Gasteiger partial charge in [-0.15, -0.1) is 24.0 Å². The maximum absolute atomic E-state index is 10.6. The van der Waals surface area contributed by atoms with E-state index in [-0.39, 0.29) is 30.5 Å². The predicted octanol–water partition coefficient (Wildman–Crippen LogP) is 3.23. The van der Waals surface area contributed by atoms with Crippen LogP contribution in [0.15, 0.2) is 39.7 Å². The highest BCUT2D eigenvalue weighted by molar-refractivity contribution is 14.0. The van der Waals surface area contributed by atoms with Crippen molar-refractivity contribution in [3.63, 3.8) is 0 Å². The zero-order chi connectivity index (χ0) is 20.6. The molecule has 1 aromatic carbocycles. The van der Waals surface area contributed by atoms with Gasteiger partial charge in [-0.05, 0) is 57.0 Å². The molecule has 7 nitrogen and oxygen atoms in total. The zero-order valence-electron chi connectivity index (χ0n) is 17.7. The summed E-state index contributed by atoms with van der Waals surface area (Å²) in [6.45, 7) is 7.14. The lowest BCUT2D eigenvalue weighted by molar-refractivity contribution is 0.0428. The molecule has 0 aliphatic heterocycles. The molecule has 3 N–H and O–H groups in total. The first-order chi connectivity index (χ1) is 13.4. The summed E-state index contributed by atoms with van der Waals surface area (Å²) >= 11 is 0. The van der Waals surface area contributed by atoms with Crippen molar-refractivity contribution in [2.24, 2.45) is 4.99 Å². The van der Waals surface area contributed by atoms with Crippen LogP contribution >= 0.6 is 24.0 Å². The molecular formula is C21H32IN3O4. The summed E-state index contributed by atoms with van der Waals surface area (Å²) in [4.78, 5) is 4.50. The van der Waals surface area contributed by atoms with Gasteiger partial charge in [0.25, 0.3) is 0 Å². The van der Waals surface area contributed by atoms with Crippen LogP contribution in [0.25, 0.3) is 0 Å². The summed E-state index contributed by atoms with van der Waals surface area (Å²) in [5.74, 6) is 3.34. The smallest absolute Gasteiger partial charge is 0.191 e. The first kappa shape index (κ1) is 25.1. The van der Waals surface area contributed by atoms with E-state index in [1.54, 1.807) is 27.2 Å². The molecule has 2 rings (SSSR count). The van der Waals surface area contributed by atoms with Crippen LogP contribution in [-0.4, -0.2) is 44.9 Å². The van der Waals surface area contributed by atoms with Crippen molar-refractivity contribution in [1.82, 2.24) is 10.6 Å². The Kier molecular flexibility index (Phi) is 10.3. The Labute approximate surface area is 189 Å². The molecule has 0 bridgehead atoms. The standard InChI is InChI=1S/C21H31N3O4.HI/c1-6-22-20(24-14-21(3,25)19-10-7-15(2)28-19)23-12-11-16-8-9-17(26-4)18(13-16)27-5;/h7-10,13,25H,6,11-12,14H2,1-5H3,(H2,22,23,24);1H. The molecule has 2 aromatic rings. The molecule has 8 heteroatoms. The molecule has 0 spiro atoms. The van der Waals surface area contributed by atoms with E-state index in [1.807, 2.05) is 38.1 Å². The molecule has 29 heavy (non-hydrogen) atoms. The molecular weight excluding hydrogens is 485 g/mol. The highest BCUT2D eigenvalue weighted by atomic mass is 127. The number of hydrogen-bond donors (Lipinski definition) is 3. The third-order valence-corrected chi connectivity index (χ3v) is 4.31. The van der Waals surface area contributed by atoms with Crippen LogP contribution in [0.2, 0.25) is 0 Å². The third-order valence-electron chi connectivity index (χ3n) is 4.31. The summed E-state index contributed by atoms with van der Waals surface area (Å²) in [5, 5.41) is 17.1. The van der Waals surface area contributed by atoms with Gasteiger partial charge >= 0.3 is 0 Å². The van der Waals surface area contributed by atoms with Crippen LogP contribution in [-0.2, 0) is 12.0 Å². The molecule has 0 aliphatic rings. The number of methoxy groups -OCH3 is 2. The first-order valence-corrected chi connectivity index (χ1v) is 9.42. The number of halogens is 1. The number of ether oxygens (including phenoxy) is 2. The van der Waals surface area contributed by atoms with Crippen molar-refractivity contribution in [3.8, 4) is 11.5 Å². The van der Waals surface area contributed by atoms with Crippen LogP contribution in [0.4, 0.5) is 0 Å². The number of guanidine groups is 1.